The van der Waals surface area contributed by atoms with Crippen LogP contribution in [-0.2, 0) is 14.4 Å². The molecule has 3 aliphatic rings. The van der Waals surface area contributed by atoms with Crippen LogP contribution >= 0.6 is 0 Å². The molecule has 4 atom stereocenters. The summed E-state index contributed by atoms with van der Waals surface area (Å²) < 4.78 is 0. The minimum absolute atomic E-state index is 0.0184. The molecule has 0 aliphatic carbocycles. The lowest BCUT2D eigenvalue weighted by molar-refractivity contribution is -0.150. The molecule has 174 valence electrons. The van der Waals surface area contributed by atoms with Gasteiger partial charge in [0.1, 0.15) is 6.04 Å². The van der Waals surface area contributed by atoms with Crippen LogP contribution in [0, 0.1) is 11.8 Å². The Hall–Kier alpha value is -2.45. The Morgan fingerprint density at radius 2 is 1.75 bits per heavy atom. The van der Waals surface area contributed by atoms with Crippen molar-refractivity contribution in [1.29, 1.82) is 0 Å². The fourth-order valence-corrected chi connectivity index (χ4v) is 5.72. The van der Waals surface area contributed by atoms with Crippen LogP contribution in [-0.4, -0.2) is 83.4 Å². The molecule has 8 nitrogen and oxygen atoms in total. The fourth-order valence-electron chi connectivity index (χ4n) is 5.72. The zero-order valence-corrected chi connectivity index (χ0v) is 18.8. The minimum Gasteiger partial charge on any atom is -0.343 e. The first-order valence-electron chi connectivity index (χ1n) is 11.7. The Balaban J connectivity index is 1.43. The van der Waals surface area contributed by atoms with Crippen molar-refractivity contribution < 1.29 is 19.6 Å². The zero-order valence-electron chi connectivity index (χ0n) is 18.8. The van der Waals surface area contributed by atoms with Gasteiger partial charge in [0.05, 0.1) is 5.92 Å². The Labute approximate surface area is 189 Å². The largest absolute Gasteiger partial charge is 0.343 e. The Morgan fingerprint density at radius 3 is 2.44 bits per heavy atom. The monoisotopic (exact) mass is 442 g/mol. The number of hydrogen-bond acceptors (Lipinski definition) is 5. The highest BCUT2D eigenvalue weighted by Gasteiger charge is 2.45. The van der Waals surface area contributed by atoms with Crippen molar-refractivity contribution in [3.63, 3.8) is 0 Å². The molecule has 8 heteroatoms. The van der Waals surface area contributed by atoms with Gasteiger partial charge < -0.3 is 9.80 Å². The Kier molecular flexibility index (Phi) is 7.10. The van der Waals surface area contributed by atoms with E-state index in [1.165, 1.54) is 5.56 Å². The molecular weight excluding hydrogens is 408 g/mol. The standard InChI is InChI=1S/C24H34N4O4/c1-26-15-17(14-21(29)27-10-5-6-11-27)13-20(23(30)25-32)22(26)24(31)28-12-9-19(16-28)18-7-3-2-4-8-18/h2-4,7-8,17,19-20,22,32H,5-6,9-16H2,1H3,(H,25,30)/t17?,19-,20-,22-/m0/s1. The number of benzene rings is 1. The van der Waals surface area contributed by atoms with Crippen LogP contribution in [0.5, 0.6) is 0 Å². The van der Waals surface area contributed by atoms with Crippen molar-refractivity contribution in [1.82, 2.24) is 20.2 Å². The molecule has 0 spiro atoms. The molecule has 3 amide bonds. The van der Waals surface area contributed by atoms with E-state index in [0.717, 1.165) is 32.4 Å². The van der Waals surface area contributed by atoms with E-state index in [4.69, 9.17) is 0 Å². The first kappa shape index (κ1) is 22.7. The molecule has 3 saturated heterocycles. The summed E-state index contributed by atoms with van der Waals surface area (Å²) >= 11 is 0. The normalized spacial score (nSPS) is 28.7. The maximum absolute atomic E-state index is 13.5. The van der Waals surface area contributed by atoms with Crippen molar-refractivity contribution in [3.8, 4) is 0 Å². The number of nitrogens with zero attached hydrogens (tertiary/aromatic N) is 3. The van der Waals surface area contributed by atoms with E-state index < -0.39 is 17.9 Å². The smallest absolute Gasteiger partial charge is 0.248 e. The lowest BCUT2D eigenvalue weighted by Gasteiger charge is -2.42. The summed E-state index contributed by atoms with van der Waals surface area (Å²) in [5, 5.41) is 9.35. The van der Waals surface area contributed by atoms with Gasteiger partial charge in [-0.25, -0.2) is 5.48 Å². The average molecular weight is 443 g/mol. The molecule has 4 rings (SSSR count). The highest BCUT2D eigenvalue weighted by atomic mass is 16.5. The van der Waals surface area contributed by atoms with Gasteiger partial charge in [-0.3, -0.25) is 24.5 Å². The molecule has 0 saturated carbocycles. The summed E-state index contributed by atoms with van der Waals surface area (Å²) in [6.45, 7) is 3.49. The van der Waals surface area contributed by atoms with Crippen LogP contribution < -0.4 is 5.48 Å². The fraction of sp³-hybridized carbons (Fsp3) is 0.625. The van der Waals surface area contributed by atoms with Crippen LogP contribution in [0.1, 0.15) is 43.6 Å². The summed E-state index contributed by atoms with van der Waals surface area (Å²) in [7, 11) is 1.84. The van der Waals surface area contributed by atoms with Gasteiger partial charge in [0, 0.05) is 45.1 Å². The van der Waals surface area contributed by atoms with Crippen LogP contribution in [0.15, 0.2) is 30.3 Å². The first-order chi connectivity index (χ1) is 15.5. The van der Waals surface area contributed by atoms with Gasteiger partial charge in [0.2, 0.25) is 17.7 Å². The second kappa shape index (κ2) is 10.0. The van der Waals surface area contributed by atoms with Crippen molar-refractivity contribution in [2.24, 2.45) is 11.8 Å². The molecule has 3 heterocycles. The van der Waals surface area contributed by atoms with E-state index >= 15 is 0 Å². The number of carbonyl (C=O) groups excluding carboxylic acids is 3. The topological polar surface area (TPSA) is 93.2 Å². The number of hydrogen-bond donors (Lipinski definition) is 2. The number of rotatable bonds is 5. The number of piperidine rings is 1. The molecule has 0 radical (unpaired) electrons. The Bertz CT molecular complexity index is 827. The molecular formula is C24H34N4O4. The van der Waals surface area contributed by atoms with Crippen molar-refractivity contribution >= 4 is 17.7 Å². The van der Waals surface area contributed by atoms with Gasteiger partial charge in [-0.15, -0.1) is 0 Å². The first-order valence-corrected chi connectivity index (χ1v) is 11.7. The van der Waals surface area contributed by atoms with E-state index in [1.807, 2.05) is 39.9 Å². The van der Waals surface area contributed by atoms with Crippen LogP contribution in [0.25, 0.3) is 0 Å². The Morgan fingerprint density at radius 1 is 1.03 bits per heavy atom. The van der Waals surface area contributed by atoms with Crippen molar-refractivity contribution in [2.75, 3.05) is 39.8 Å². The minimum atomic E-state index is -0.682. The predicted molar refractivity (Wildman–Crippen MR) is 119 cm³/mol. The summed E-state index contributed by atoms with van der Waals surface area (Å²) in [4.78, 5) is 44.4. The molecule has 0 bridgehead atoms. The molecule has 2 N–H and O–H groups in total. The summed E-state index contributed by atoms with van der Waals surface area (Å²) in [6, 6.07) is 9.57. The van der Waals surface area contributed by atoms with Crippen LogP contribution in [0.3, 0.4) is 0 Å². The van der Waals surface area contributed by atoms with Gasteiger partial charge in [-0.2, -0.15) is 0 Å². The lowest BCUT2D eigenvalue weighted by Crippen LogP contribution is -2.58. The van der Waals surface area contributed by atoms with Gasteiger partial charge in [-0.05, 0) is 44.2 Å². The number of likely N-dealkylation sites (tertiary alicyclic amines) is 3. The van der Waals surface area contributed by atoms with Gasteiger partial charge in [-0.1, -0.05) is 30.3 Å². The average Bonchev–Trinajstić information content (AvgIpc) is 3.51. The van der Waals surface area contributed by atoms with E-state index in [1.54, 1.807) is 5.48 Å². The molecule has 1 unspecified atom stereocenters. The summed E-state index contributed by atoms with van der Waals surface area (Å²) in [5.74, 6) is -0.895. The second-order valence-electron chi connectivity index (χ2n) is 9.54. The highest BCUT2D eigenvalue weighted by molar-refractivity contribution is 5.90. The van der Waals surface area contributed by atoms with Crippen LogP contribution in [0.4, 0.5) is 0 Å². The van der Waals surface area contributed by atoms with E-state index in [2.05, 4.69) is 12.1 Å². The maximum Gasteiger partial charge on any atom is 0.248 e. The number of carbonyl (C=O) groups is 3. The van der Waals surface area contributed by atoms with E-state index in [-0.39, 0.29) is 17.7 Å². The second-order valence-corrected chi connectivity index (χ2v) is 9.54. The highest BCUT2D eigenvalue weighted by Crippen LogP contribution is 2.33. The van der Waals surface area contributed by atoms with Crippen molar-refractivity contribution in [2.45, 2.75) is 44.1 Å². The molecule has 3 aliphatic heterocycles. The zero-order chi connectivity index (χ0) is 22.7. The number of hydroxylamine groups is 1. The summed E-state index contributed by atoms with van der Waals surface area (Å²) in [5.41, 5.74) is 2.99. The predicted octanol–water partition coefficient (Wildman–Crippen LogP) is 1.46. The third kappa shape index (κ3) is 4.81. The SMILES string of the molecule is CN1CC(CC(=O)N2CCCC2)C[C@H](C(=O)NO)[C@H]1C(=O)N1CC[C@H](c2ccccc2)C1. The number of amides is 3. The van der Waals surface area contributed by atoms with E-state index in [9.17, 15) is 19.6 Å². The molecule has 3 fully saturated rings. The lowest BCUT2D eigenvalue weighted by atomic mass is 9.80. The molecule has 1 aromatic carbocycles. The number of nitrogens with one attached hydrogen (secondary N) is 1. The van der Waals surface area contributed by atoms with Gasteiger partial charge in [0.15, 0.2) is 0 Å². The van der Waals surface area contributed by atoms with Gasteiger partial charge in [0.25, 0.3) is 0 Å². The third-order valence-electron chi connectivity index (χ3n) is 7.38. The van der Waals surface area contributed by atoms with E-state index in [0.29, 0.717) is 38.4 Å². The molecule has 1 aromatic rings. The number of likely N-dealkylation sites (N-methyl/N-ethyl adjacent to an activating group) is 1. The third-order valence-corrected chi connectivity index (χ3v) is 7.38. The van der Waals surface area contributed by atoms with Gasteiger partial charge >= 0.3 is 0 Å². The maximum atomic E-state index is 13.5. The molecule has 0 aromatic heterocycles. The molecule has 32 heavy (non-hydrogen) atoms. The quantitative estimate of drug-likeness (QED) is 0.532. The van der Waals surface area contributed by atoms with Crippen molar-refractivity contribution in [3.05, 3.63) is 35.9 Å². The summed E-state index contributed by atoms with van der Waals surface area (Å²) in [6.07, 6.45) is 3.78. The van der Waals surface area contributed by atoms with Crippen LogP contribution in [0.2, 0.25) is 0 Å².